The second-order valence-electron chi connectivity index (χ2n) is 6.15. The maximum absolute atomic E-state index is 11.5. The topological polar surface area (TPSA) is 38.3 Å². The standard InChI is InChI=1S/C24H20ClNO2/c1-17(8-9-18-10-12-19(13-11-18)24(27)28-2)22-15-14-20(25)16-23(22)26-21-6-4-3-5-7-21/h3-16,26H,1H2,2H3/b9-8+. The first-order chi connectivity index (χ1) is 13.6. The van der Waals surface area contributed by atoms with E-state index in [1.54, 1.807) is 12.1 Å². The van der Waals surface area contributed by atoms with E-state index in [0.29, 0.717) is 10.6 Å². The summed E-state index contributed by atoms with van der Waals surface area (Å²) < 4.78 is 4.71. The van der Waals surface area contributed by atoms with Crippen molar-refractivity contribution in [3.8, 4) is 0 Å². The van der Waals surface area contributed by atoms with Gasteiger partial charge in [0.25, 0.3) is 0 Å². The van der Waals surface area contributed by atoms with Gasteiger partial charge in [-0.1, -0.05) is 66.7 Å². The molecule has 0 bridgehead atoms. The number of nitrogens with one attached hydrogen (secondary N) is 1. The maximum atomic E-state index is 11.5. The molecule has 0 spiro atoms. The number of hydrogen-bond donors (Lipinski definition) is 1. The summed E-state index contributed by atoms with van der Waals surface area (Å²) in [5, 5.41) is 4.04. The molecule has 1 N–H and O–H groups in total. The van der Waals surface area contributed by atoms with E-state index >= 15 is 0 Å². The van der Waals surface area contributed by atoms with E-state index in [9.17, 15) is 4.79 Å². The summed E-state index contributed by atoms with van der Waals surface area (Å²) in [6.07, 6.45) is 3.89. The molecule has 0 unspecified atom stereocenters. The Labute approximate surface area is 169 Å². The van der Waals surface area contributed by atoms with Gasteiger partial charge in [-0.15, -0.1) is 0 Å². The molecule has 0 aliphatic rings. The van der Waals surface area contributed by atoms with Crippen LogP contribution < -0.4 is 5.32 Å². The molecule has 3 aromatic carbocycles. The Kier molecular flexibility index (Phi) is 6.30. The van der Waals surface area contributed by atoms with Gasteiger partial charge in [-0.3, -0.25) is 0 Å². The number of carbonyl (C=O) groups excluding carboxylic acids is 1. The average molecular weight is 390 g/mol. The Morgan fingerprint density at radius 2 is 1.75 bits per heavy atom. The van der Waals surface area contributed by atoms with Crippen LogP contribution in [0.1, 0.15) is 21.5 Å². The Morgan fingerprint density at radius 1 is 1.04 bits per heavy atom. The molecule has 0 atom stereocenters. The van der Waals surface area contributed by atoms with Crippen molar-refractivity contribution in [3.05, 3.63) is 107 Å². The molecule has 0 heterocycles. The highest BCUT2D eigenvalue weighted by Gasteiger charge is 2.07. The summed E-state index contributed by atoms with van der Waals surface area (Å²) in [5.41, 5.74) is 5.13. The second-order valence-corrected chi connectivity index (χ2v) is 6.59. The Balaban J connectivity index is 1.80. The Hall–Kier alpha value is -3.30. The summed E-state index contributed by atoms with van der Waals surface area (Å²) in [6, 6.07) is 22.8. The fourth-order valence-electron chi connectivity index (χ4n) is 2.71. The molecule has 3 rings (SSSR count). The predicted octanol–water partition coefficient (Wildman–Crippen LogP) is 6.60. The molecule has 0 amide bonds. The lowest BCUT2D eigenvalue weighted by atomic mass is 10.0. The number of carbonyl (C=O) groups is 1. The van der Waals surface area contributed by atoms with Crippen LogP contribution >= 0.6 is 11.6 Å². The molecule has 0 aliphatic heterocycles. The lowest BCUT2D eigenvalue weighted by Gasteiger charge is -2.13. The number of rotatable bonds is 6. The molecule has 0 aliphatic carbocycles. The zero-order valence-electron chi connectivity index (χ0n) is 15.5. The van der Waals surface area contributed by atoms with Crippen LogP contribution in [-0.4, -0.2) is 13.1 Å². The first-order valence-corrected chi connectivity index (χ1v) is 9.12. The largest absolute Gasteiger partial charge is 0.465 e. The SMILES string of the molecule is C=C(/C=C/c1ccc(C(=O)OC)cc1)c1ccc(Cl)cc1Nc1ccccc1. The van der Waals surface area contributed by atoms with Crippen molar-refractivity contribution < 1.29 is 9.53 Å². The van der Waals surface area contributed by atoms with Crippen LogP contribution in [-0.2, 0) is 4.74 Å². The van der Waals surface area contributed by atoms with Crippen molar-refractivity contribution in [3.63, 3.8) is 0 Å². The van der Waals surface area contributed by atoms with Crippen LogP contribution in [0.25, 0.3) is 11.6 Å². The highest BCUT2D eigenvalue weighted by molar-refractivity contribution is 6.31. The van der Waals surface area contributed by atoms with Crippen LogP contribution in [0.2, 0.25) is 5.02 Å². The van der Waals surface area contributed by atoms with Gasteiger partial charge in [0.1, 0.15) is 0 Å². The van der Waals surface area contributed by atoms with Crippen LogP contribution in [0.5, 0.6) is 0 Å². The van der Waals surface area contributed by atoms with Gasteiger partial charge in [0, 0.05) is 22.0 Å². The van der Waals surface area contributed by atoms with Crippen LogP contribution in [0.3, 0.4) is 0 Å². The van der Waals surface area contributed by atoms with E-state index < -0.39 is 0 Å². The minimum atomic E-state index is -0.349. The molecule has 0 saturated heterocycles. The third-order valence-corrected chi connectivity index (χ3v) is 4.42. The third kappa shape index (κ3) is 4.90. The van der Waals surface area contributed by atoms with Crippen LogP contribution in [0.4, 0.5) is 11.4 Å². The second kappa shape index (κ2) is 9.07. The molecule has 3 aromatic rings. The zero-order valence-corrected chi connectivity index (χ0v) is 16.2. The zero-order chi connectivity index (χ0) is 19.9. The minimum Gasteiger partial charge on any atom is -0.465 e. The Bertz CT molecular complexity index is 1010. The normalized spacial score (nSPS) is 10.6. The minimum absolute atomic E-state index is 0.349. The van der Waals surface area contributed by atoms with Gasteiger partial charge in [0.15, 0.2) is 0 Å². The van der Waals surface area contributed by atoms with Gasteiger partial charge in [-0.05, 0) is 47.5 Å². The number of benzene rings is 3. The fourth-order valence-corrected chi connectivity index (χ4v) is 2.88. The van der Waals surface area contributed by atoms with Gasteiger partial charge in [-0.25, -0.2) is 4.79 Å². The van der Waals surface area contributed by atoms with Crippen molar-refractivity contribution in [2.45, 2.75) is 0 Å². The maximum Gasteiger partial charge on any atom is 0.337 e. The van der Waals surface area contributed by atoms with Crippen LogP contribution in [0, 0.1) is 0 Å². The van der Waals surface area contributed by atoms with E-state index in [1.165, 1.54) is 7.11 Å². The number of esters is 1. The van der Waals surface area contributed by atoms with Gasteiger partial charge in [0.2, 0.25) is 0 Å². The van der Waals surface area contributed by atoms with Gasteiger partial charge in [-0.2, -0.15) is 0 Å². The Morgan fingerprint density at radius 3 is 2.43 bits per heavy atom. The molecule has 0 aromatic heterocycles. The molecule has 3 nitrogen and oxygen atoms in total. The quantitative estimate of drug-likeness (QED) is 0.381. The highest BCUT2D eigenvalue weighted by Crippen LogP contribution is 2.30. The number of methoxy groups -OCH3 is 1. The van der Waals surface area contributed by atoms with Gasteiger partial charge in [0.05, 0.1) is 12.7 Å². The smallest absolute Gasteiger partial charge is 0.337 e. The summed E-state index contributed by atoms with van der Waals surface area (Å²) in [7, 11) is 1.37. The van der Waals surface area contributed by atoms with Gasteiger partial charge >= 0.3 is 5.97 Å². The van der Waals surface area contributed by atoms with Crippen LogP contribution in [0.15, 0.2) is 85.5 Å². The lowest BCUT2D eigenvalue weighted by molar-refractivity contribution is 0.0600. The van der Waals surface area contributed by atoms with Crippen molar-refractivity contribution in [2.75, 3.05) is 12.4 Å². The number of ether oxygens (including phenoxy) is 1. The summed E-state index contributed by atoms with van der Waals surface area (Å²) in [6.45, 7) is 4.19. The number of anilines is 2. The molecular formula is C24H20ClNO2. The highest BCUT2D eigenvalue weighted by atomic mass is 35.5. The van der Waals surface area contributed by atoms with Crippen molar-refractivity contribution >= 4 is 40.6 Å². The van der Waals surface area contributed by atoms with E-state index in [2.05, 4.69) is 11.9 Å². The summed E-state index contributed by atoms with van der Waals surface area (Å²) >= 11 is 6.19. The first-order valence-electron chi connectivity index (χ1n) is 8.74. The van der Waals surface area contributed by atoms with E-state index in [4.69, 9.17) is 16.3 Å². The molecule has 0 fully saturated rings. The molecular weight excluding hydrogens is 370 g/mol. The molecule has 28 heavy (non-hydrogen) atoms. The number of para-hydroxylation sites is 1. The number of halogens is 1. The average Bonchev–Trinajstić information content (AvgIpc) is 2.72. The fraction of sp³-hybridized carbons (Fsp3) is 0.0417. The number of hydrogen-bond acceptors (Lipinski definition) is 3. The monoisotopic (exact) mass is 389 g/mol. The van der Waals surface area contributed by atoms with E-state index in [-0.39, 0.29) is 5.97 Å². The van der Waals surface area contributed by atoms with E-state index in [0.717, 1.165) is 28.1 Å². The summed E-state index contributed by atoms with van der Waals surface area (Å²) in [5.74, 6) is -0.349. The lowest BCUT2D eigenvalue weighted by Crippen LogP contribution is -2.00. The van der Waals surface area contributed by atoms with Crippen molar-refractivity contribution in [1.82, 2.24) is 0 Å². The van der Waals surface area contributed by atoms with Crippen molar-refractivity contribution in [2.24, 2.45) is 0 Å². The summed E-state index contributed by atoms with van der Waals surface area (Å²) in [4.78, 5) is 11.5. The molecule has 0 radical (unpaired) electrons. The first kappa shape index (κ1) is 19.5. The third-order valence-electron chi connectivity index (χ3n) is 4.19. The predicted molar refractivity (Wildman–Crippen MR) is 117 cm³/mol. The molecule has 140 valence electrons. The van der Waals surface area contributed by atoms with Gasteiger partial charge < -0.3 is 10.1 Å². The molecule has 4 heteroatoms. The van der Waals surface area contributed by atoms with E-state index in [1.807, 2.05) is 72.8 Å². The number of allylic oxidation sites excluding steroid dienone is 2. The molecule has 0 saturated carbocycles. The van der Waals surface area contributed by atoms with Crippen molar-refractivity contribution in [1.29, 1.82) is 0 Å².